The van der Waals surface area contributed by atoms with Gasteiger partial charge in [-0.3, -0.25) is 0 Å². The number of rotatable bonds is 0. The summed E-state index contributed by atoms with van der Waals surface area (Å²) in [6, 6.07) is 0. The molecule has 0 aliphatic carbocycles. The highest BCUT2D eigenvalue weighted by molar-refractivity contribution is 6.62. The van der Waals surface area contributed by atoms with E-state index in [4.69, 9.17) is 4.80 Å². The van der Waals surface area contributed by atoms with Crippen molar-refractivity contribution in [1.82, 2.24) is 0 Å². The molecule has 0 saturated heterocycles. The first-order valence-corrected chi connectivity index (χ1v) is 3.77. The largest absolute Gasteiger partial charge is 0.427 e. The summed E-state index contributed by atoms with van der Waals surface area (Å²) in [5, 5.41) is 0. The molecule has 0 fully saturated rings. The van der Waals surface area contributed by atoms with Gasteiger partial charge in [-0.05, 0) is 0 Å². The van der Waals surface area contributed by atoms with Gasteiger partial charge in [0.2, 0.25) is 9.04 Å². The highest BCUT2D eigenvalue weighted by Crippen LogP contribution is 1.91. The van der Waals surface area contributed by atoms with Gasteiger partial charge in [-0.25, -0.2) is 0 Å². The highest BCUT2D eigenvalue weighted by Gasteiger charge is 1.95. The lowest BCUT2D eigenvalue weighted by Crippen LogP contribution is -1.98. The Kier molecular flexibility index (Phi) is 0.898. The molecule has 6 heavy (non-hydrogen) atoms. The second-order valence-electron chi connectivity index (χ2n) is 1.26. The van der Waals surface area contributed by atoms with Crippen molar-refractivity contribution in [1.29, 1.82) is 0 Å². The zero-order valence-electron chi connectivity index (χ0n) is 3.33. The Morgan fingerprint density at radius 2 is 1.67 bits per heavy atom. The fourth-order valence-corrected chi connectivity index (χ4v) is 1.26. The van der Waals surface area contributed by atoms with Crippen molar-refractivity contribution in [3.05, 3.63) is 23.6 Å². The van der Waals surface area contributed by atoms with Gasteiger partial charge >= 0.3 is 0 Å². The van der Waals surface area contributed by atoms with Crippen LogP contribution in [-0.2, 0) is 0 Å². The third-order valence-electron chi connectivity index (χ3n) is 0.728. The summed E-state index contributed by atoms with van der Waals surface area (Å²) in [6.45, 7) is 0. The molecule has 0 bridgehead atoms. The van der Waals surface area contributed by atoms with Gasteiger partial charge in [-0.2, -0.15) is 0 Å². The van der Waals surface area contributed by atoms with Gasteiger partial charge in [0.25, 0.3) is 0 Å². The van der Waals surface area contributed by atoms with Gasteiger partial charge in [0.15, 0.2) is 0 Å². The summed E-state index contributed by atoms with van der Waals surface area (Å²) in [4.78, 5) is 8.69. The molecular weight excluding hydrogens is 92.1 g/mol. The monoisotopic (exact) mass is 98.0 g/mol. The molecule has 1 rings (SSSR count). The van der Waals surface area contributed by atoms with Crippen molar-refractivity contribution in [3.63, 3.8) is 0 Å². The normalized spacial score (nSPS) is 20.2. The van der Waals surface area contributed by atoms with Gasteiger partial charge in [0.1, 0.15) is 0 Å². The van der Waals surface area contributed by atoms with E-state index in [2.05, 4.69) is 0 Å². The lowest BCUT2D eigenvalue weighted by Gasteiger charge is -1.80. The van der Waals surface area contributed by atoms with Crippen LogP contribution in [0.4, 0.5) is 0 Å². The molecule has 1 nitrogen and oxygen atoms in total. The quantitative estimate of drug-likeness (QED) is 0.420. The molecule has 1 N–H and O–H groups in total. The predicted octanol–water partition coefficient (Wildman–Crippen LogP) is -0.0931. The molecule has 1 heterocycles. The van der Waals surface area contributed by atoms with Crippen molar-refractivity contribution in [3.8, 4) is 0 Å². The van der Waals surface area contributed by atoms with Crippen molar-refractivity contribution in [2.45, 2.75) is 0 Å². The van der Waals surface area contributed by atoms with Crippen molar-refractivity contribution >= 4 is 9.04 Å². The molecule has 0 spiro atoms. The number of hydrogen-bond acceptors (Lipinski definition) is 1. The van der Waals surface area contributed by atoms with E-state index < -0.39 is 9.04 Å². The molecule has 0 atom stereocenters. The Hall–Kier alpha value is -0.343. The third-order valence-corrected chi connectivity index (χ3v) is 1.96. The van der Waals surface area contributed by atoms with E-state index >= 15 is 0 Å². The van der Waals surface area contributed by atoms with Crippen LogP contribution < -0.4 is 0 Å². The van der Waals surface area contributed by atoms with Gasteiger partial charge in [-0.15, -0.1) is 0 Å². The summed E-state index contributed by atoms with van der Waals surface area (Å²) in [5.41, 5.74) is 3.72. The Bertz CT molecular complexity index is 83.7. The van der Waals surface area contributed by atoms with Crippen LogP contribution in [-0.4, -0.2) is 13.8 Å². The molecule has 0 amide bonds. The van der Waals surface area contributed by atoms with E-state index in [9.17, 15) is 0 Å². The number of hydrogen-bond donors (Lipinski definition) is 1. The smallest absolute Gasteiger partial charge is 0.221 e. The SMILES string of the molecule is O[SiH]1C=CC=C1. The van der Waals surface area contributed by atoms with Gasteiger partial charge in [-0.1, -0.05) is 23.6 Å². The van der Waals surface area contributed by atoms with Crippen LogP contribution in [0.3, 0.4) is 0 Å². The Morgan fingerprint density at radius 1 is 1.17 bits per heavy atom. The topological polar surface area (TPSA) is 20.2 Å². The molecule has 0 aromatic heterocycles. The average Bonchev–Trinajstić information content (AvgIpc) is 1.86. The Morgan fingerprint density at radius 3 is 1.83 bits per heavy atom. The molecule has 0 aromatic carbocycles. The lowest BCUT2D eigenvalue weighted by atomic mass is 10.6. The minimum Gasteiger partial charge on any atom is -0.427 e. The van der Waals surface area contributed by atoms with Crippen molar-refractivity contribution in [2.75, 3.05) is 0 Å². The molecule has 0 aromatic rings. The second kappa shape index (κ2) is 1.41. The van der Waals surface area contributed by atoms with E-state index in [1.165, 1.54) is 0 Å². The minimum atomic E-state index is -1.41. The van der Waals surface area contributed by atoms with Crippen LogP contribution in [0.25, 0.3) is 0 Å². The minimum absolute atomic E-state index is 1.41. The van der Waals surface area contributed by atoms with Gasteiger partial charge < -0.3 is 4.80 Å². The summed E-state index contributed by atoms with van der Waals surface area (Å²) in [6.07, 6.45) is 3.77. The Balaban J connectivity index is 2.60. The maximum absolute atomic E-state index is 8.69. The molecule has 0 radical (unpaired) electrons. The standard InChI is InChI=1S/C4H6OSi/c5-6-3-1-2-4-6/h1-6H. The third kappa shape index (κ3) is 0.583. The first-order valence-electron chi connectivity index (χ1n) is 1.92. The fourth-order valence-electron chi connectivity index (χ4n) is 0.420. The predicted molar refractivity (Wildman–Crippen MR) is 27.6 cm³/mol. The van der Waals surface area contributed by atoms with Gasteiger partial charge in [0.05, 0.1) is 0 Å². The maximum Gasteiger partial charge on any atom is 0.221 e. The molecule has 0 unspecified atom stereocenters. The van der Waals surface area contributed by atoms with Crippen LogP contribution in [0.5, 0.6) is 0 Å². The molecule has 1 aliphatic heterocycles. The fraction of sp³-hybridized carbons (Fsp3) is 0. The first-order chi connectivity index (χ1) is 2.89. The first kappa shape index (κ1) is 3.83. The second-order valence-corrected chi connectivity index (χ2v) is 3.01. The van der Waals surface area contributed by atoms with Crippen LogP contribution in [0.15, 0.2) is 23.6 Å². The average molecular weight is 98.2 g/mol. The van der Waals surface area contributed by atoms with E-state index in [1.807, 2.05) is 23.6 Å². The van der Waals surface area contributed by atoms with Crippen molar-refractivity contribution < 1.29 is 4.80 Å². The maximum atomic E-state index is 8.69. The van der Waals surface area contributed by atoms with Crippen LogP contribution >= 0.6 is 0 Å². The van der Waals surface area contributed by atoms with E-state index in [1.54, 1.807) is 0 Å². The zero-order valence-corrected chi connectivity index (χ0v) is 4.49. The van der Waals surface area contributed by atoms with Crippen LogP contribution in [0, 0.1) is 0 Å². The highest BCUT2D eigenvalue weighted by atomic mass is 28.3. The lowest BCUT2D eigenvalue weighted by molar-refractivity contribution is 0.599. The van der Waals surface area contributed by atoms with Crippen molar-refractivity contribution in [2.24, 2.45) is 0 Å². The molecular formula is C4H6OSi. The summed E-state index contributed by atoms with van der Waals surface area (Å²) in [5.74, 6) is 0. The summed E-state index contributed by atoms with van der Waals surface area (Å²) >= 11 is 0. The molecule has 2 heteroatoms. The van der Waals surface area contributed by atoms with Gasteiger partial charge in [0, 0.05) is 0 Å². The zero-order chi connectivity index (χ0) is 4.41. The molecule has 0 saturated carbocycles. The summed E-state index contributed by atoms with van der Waals surface area (Å²) < 4.78 is 0. The molecule has 1 aliphatic rings. The van der Waals surface area contributed by atoms with E-state index in [0.717, 1.165) is 0 Å². The number of allylic oxidation sites excluding steroid dienone is 2. The van der Waals surface area contributed by atoms with Crippen LogP contribution in [0.2, 0.25) is 0 Å². The van der Waals surface area contributed by atoms with E-state index in [0.29, 0.717) is 0 Å². The van der Waals surface area contributed by atoms with E-state index in [-0.39, 0.29) is 0 Å². The Labute approximate surface area is 38.3 Å². The molecule has 32 valence electrons. The van der Waals surface area contributed by atoms with Crippen LogP contribution in [0.1, 0.15) is 0 Å². The summed E-state index contributed by atoms with van der Waals surface area (Å²) in [7, 11) is -1.41.